The summed E-state index contributed by atoms with van der Waals surface area (Å²) in [6.07, 6.45) is 0. The van der Waals surface area contributed by atoms with E-state index in [2.05, 4.69) is 0 Å². The Kier molecular flexibility index (Phi) is 4.88. The van der Waals surface area contributed by atoms with Crippen LogP contribution in [0.4, 0.5) is 4.39 Å². The van der Waals surface area contributed by atoms with E-state index in [0.29, 0.717) is 6.07 Å². The summed E-state index contributed by atoms with van der Waals surface area (Å²) in [5.41, 5.74) is -0.784. The number of carboxylic acid groups (broad SMARTS) is 1. The highest BCUT2D eigenvalue weighted by molar-refractivity contribution is 7.91. The molecule has 112 valence electrons. The molecule has 0 aliphatic rings. The molecular formula is C13H17FO5S. The second-order valence-electron chi connectivity index (χ2n) is 5.23. The standard InChI is InChI=1S/C13H17FO5S/c1-13(2,3)19-6-7-20(17,18)11-5-4-9(12(15)16)8-10(11)14/h4-5,8H,6-7H2,1-3H3,(H,15,16). The third-order valence-electron chi connectivity index (χ3n) is 2.40. The summed E-state index contributed by atoms with van der Waals surface area (Å²) in [7, 11) is -3.85. The van der Waals surface area contributed by atoms with Crippen LogP contribution in [0.5, 0.6) is 0 Å². The summed E-state index contributed by atoms with van der Waals surface area (Å²) >= 11 is 0. The fraction of sp³-hybridized carbons (Fsp3) is 0.462. The Hall–Kier alpha value is -1.47. The molecule has 1 rings (SSSR count). The molecule has 0 saturated heterocycles. The smallest absolute Gasteiger partial charge is 0.335 e. The normalized spacial score (nSPS) is 12.4. The highest BCUT2D eigenvalue weighted by atomic mass is 32.2. The molecule has 0 heterocycles. The molecule has 1 aromatic carbocycles. The first kappa shape index (κ1) is 16.6. The summed E-state index contributed by atoms with van der Waals surface area (Å²) in [4.78, 5) is 10.1. The predicted molar refractivity (Wildman–Crippen MR) is 71.1 cm³/mol. The molecule has 0 amide bonds. The Morgan fingerprint density at radius 1 is 1.35 bits per heavy atom. The first-order chi connectivity index (χ1) is 9.03. The van der Waals surface area contributed by atoms with Crippen molar-refractivity contribution < 1.29 is 27.4 Å². The summed E-state index contributed by atoms with van der Waals surface area (Å²) in [6.45, 7) is 5.28. The average molecular weight is 304 g/mol. The molecule has 0 radical (unpaired) electrons. The van der Waals surface area contributed by atoms with Gasteiger partial charge in [-0.3, -0.25) is 0 Å². The highest BCUT2D eigenvalue weighted by Gasteiger charge is 2.21. The van der Waals surface area contributed by atoms with E-state index in [9.17, 15) is 17.6 Å². The van der Waals surface area contributed by atoms with Crippen LogP contribution in [0.25, 0.3) is 0 Å². The molecule has 0 unspecified atom stereocenters. The van der Waals surface area contributed by atoms with E-state index in [1.165, 1.54) is 0 Å². The van der Waals surface area contributed by atoms with Gasteiger partial charge in [-0.1, -0.05) is 0 Å². The second-order valence-corrected chi connectivity index (χ2v) is 7.31. The molecule has 0 aliphatic carbocycles. The lowest BCUT2D eigenvalue weighted by atomic mass is 10.2. The minimum Gasteiger partial charge on any atom is -0.478 e. The van der Waals surface area contributed by atoms with Gasteiger partial charge < -0.3 is 9.84 Å². The molecule has 0 saturated carbocycles. The summed E-state index contributed by atoms with van der Waals surface area (Å²) in [5.74, 6) is -2.75. The number of hydrogen-bond donors (Lipinski definition) is 1. The quantitative estimate of drug-likeness (QED) is 0.901. The van der Waals surface area contributed by atoms with E-state index >= 15 is 0 Å². The van der Waals surface area contributed by atoms with Gasteiger partial charge in [-0.05, 0) is 39.0 Å². The van der Waals surface area contributed by atoms with Gasteiger partial charge in [0.1, 0.15) is 10.7 Å². The molecule has 5 nitrogen and oxygen atoms in total. The molecule has 1 aromatic rings. The number of carbonyl (C=O) groups is 1. The van der Waals surface area contributed by atoms with E-state index in [1.54, 1.807) is 20.8 Å². The summed E-state index contributed by atoms with van der Waals surface area (Å²) < 4.78 is 42.9. The van der Waals surface area contributed by atoms with Gasteiger partial charge in [0.15, 0.2) is 9.84 Å². The van der Waals surface area contributed by atoms with Crippen LogP contribution in [0, 0.1) is 5.82 Å². The molecular weight excluding hydrogens is 287 g/mol. The number of sulfone groups is 1. The Labute approximate surface area is 117 Å². The van der Waals surface area contributed by atoms with Crippen LogP contribution >= 0.6 is 0 Å². The summed E-state index contributed by atoms with van der Waals surface area (Å²) in [6, 6.07) is 2.72. The number of halogens is 1. The van der Waals surface area contributed by atoms with Crippen molar-refractivity contribution in [3.05, 3.63) is 29.6 Å². The number of ether oxygens (including phenoxy) is 1. The van der Waals surface area contributed by atoms with Crippen molar-refractivity contribution in [2.24, 2.45) is 0 Å². The molecule has 20 heavy (non-hydrogen) atoms. The second kappa shape index (κ2) is 5.88. The Morgan fingerprint density at radius 3 is 2.40 bits per heavy atom. The largest absolute Gasteiger partial charge is 0.478 e. The Bertz CT molecular complexity index is 602. The molecule has 0 spiro atoms. The molecule has 0 aliphatic heterocycles. The molecule has 7 heteroatoms. The van der Waals surface area contributed by atoms with Crippen molar-refractivity contribution in [1.29, 1.82) is 0 Å². The van der Waals surface area contributed by atoms with Gasteiger partial charge in [0, 0.05) is 0 Å². The topological polar surface area (TPSA) is 80.7 Å². The van der Waals surface area contributed by atoms with Crippen LogP contribution in [-0.2, 0) is 14.6 Å². The minimum atomic E-state index is -3.85. The van der Waals surface area contributed by atoms with Crippen LogP contribution < -0.4 is 0 Å². The van der Waals surface area contributed by atoms with E-state index in [-0.39, 0.29) is 17.9 Å². The SMILES string of the molecule is CC(C)(C)OCCS(=O)(=O)c1ccc(C(=O)O)cc1F. The van der Waals surface area contributed by atoms with Crippen LogP contribution in [0.15, 0.2) is 23.1 Å². The first-order valence-electron chi connectivity index (χ1n) is 5.92. The number of benzene rings is 1. The van der Waals surface area contributed by atoms with Gasteiger partial charge in [-0.15, -0.1) is 0 Å². The minimum absolute atomic E-state index is 0.0635. The zero-order valence-electron chi connectivity index (χ0n) is 11.5. The van der Waals surface area contributed by atoms with Crippen molar-refractivity contribution in [2.45, 2.75) is 31.3 Å². The van der Waals surface area contributed by atoms with Gasteiger partial charge in [0.25, 0.3) is 0 Å². The van der Waals surface area contributed by atoms with Gasteiger partial charge in [0.05, 0.1) is 23.5 Å². The lowest BCUT2D eigenvalue weighted by Gasteiger charge is -2.19. The van der Waals surface area contributed by atoms with E-state index < -0.39 is 32.1 Å². The van der Waals surface area contributed by atoms with E-state index in [4.69, 9.17) is 9.84 Å². The van der Waals surface area contributed by atoms with Crippen LogP contribution in [0.1, 0.15) is 31.1 Å². The van der Waals surface area contributed by atoms with E-state index in [0.717, 1.165) is 12.1 Å². The van der Waals surface area contributed by atoms with Crippen molar-refractivity contribution in [3.63, 3.8) is 0 Å². The zero-order chi connectivity index (χ0) is 15.6. The third kappa shape index (κ3) is 4.57. The molecule has 0 atom stereocenters. The van der Waals surface area contributed by atoms with Crippen LogP contribution in [0.3, 0.4) is 0 Å². The monoisotopic (exact) mass is 304 g/mol. The molecule has 0 aromatic heterocycles. The van der Waals surface area contributed by atoms with Crippen LogP contribution in [-0.4, -0.2) is 37.5 Å². The molecule has 1 N–H and O–H groups in total. The predicted octanol–water partition coefficient (Wildman–Crippen LogP) is 2.11. The van der Waals surface area contributed by atoms with Gasteiger partial charge in [-0.2, -0.15) is 0 Å². The van der Waals surface area contributed by atoms with Crippen molar-refractivity contribution >= 4 is 15.8 Å². The fourth-order valence-electron chi connectivity index (χ4n) is 1.45. The van der Waals surface area contributed by atoms with Gasteiger partial charge >= 0.3 is 5.97 Å². The fourth-order valence-corrected chi connectivity index (χ4v) is 2.61. The van der Waals surface area contributed by atoms with Crippen molar-refractivity contribution in [1.82, 2.24) is 0 Å². The first-order valence-corrected chi connectivity index (χ1v) is 7.58. The van der Waals surface area contributed by atoms with E-state index in [1.807, 2.05) is 0 Å². The maximum atomic E-state index is 13.7. The Morgan fingerprint density at radius 2 is 1.95 bits per heavy atom. The Balaban J connectivity index is 2.91. The van der Waals surface area contributed by atoms with Crippen molar-refractivity contribution in [3.8, 4) is 0 Å². The zero-order valence-corrected chi connectivity index (χ0v) is 12.3. The lowest BCUT2D eigenvalue weighted by Crippen LogP contribution is -2.24. The van der Waals surface area contributed by atoms with Crippen molar-refractivity contribution in [2.75, 3.05) is 12.4 Å². The summed E-state index contributed by atoms with van der Waals surface area (Å²) in [5, 5.41) is 8.70. The number of hydrogen-bond acceptors (Lipinski definition) is 4. The maximum Gasteiger partial charge on any atom is 0.335 e. The number of rotatable bonds is 5. The average Bonchev–Trinajstić information content (AvgIpc) is 2.26. The number of carboxylic acids is 1. The number of aromatic carboxylic acids is 1. The van der Waals surface area contributed by atoms with Crippen LogP contribution in [0.2, 0.25) is 0 Å². The lowest BCUT2D eigenvalue weighted by molar-refractivity contribution is 0.00643. The van der Waals surface area contributed by atoms with Gasteiger partial charge in [-0.25, -0.2) is 17.6 Å². The highest BCUT2D eigenvalue weighted by Crippen LogP contribution is 2.18. The van der Waals surface area contributed by atoms with Gasteiger partial charge in [0.2, 0.25) is 0 Å². The molecule has 0 bridgehead atoms. The maximum absolute atomic E-state index is 13.7. The third-order valence-corrected chi connectivity index (χ3v) is 4.11. The molecule has 0 fully saturated rings.